The summed E-state index contributed by atoms with van der Waals surface area (Å²) >= 11 is 6.41. The topological polar surface area (TPSA) is 83.1 Å². The number of carbonyl (C=O) groups is 1. The molecule has 5 rings (SSSR count). The maximum Gasteiger partial charge on any atom is 0.289 e. The zero-order valence-corrected chi connectivity index (χ0v) is 22.5. The maximum atomic E-state index is 13.8. The van der Waals surface area contributed by atoms with Gasteiger partial charge in [-0.25, -0.2) is 4.39 Å². The Bertz CT molecular complexity index is 1490. The van der Waals surface area contributed by atoms with Crippen LogP contribution in [0.3, 0.4) is 0 Å². The molecule has 0 saturated carbocycles. The number of non-ortho nitro benzene ring substituents is 1. The van der Waals surface area contributed by atoms with Crippen LogP contribution in [0.5, 0.6) is 0 Å². The van der Waals surface area contributed by atoms with Crippen LogP contribution in [0, 0.1) is 15.9 Å². The number of hydrogen-bond acceptors (Lipinski definition) is 6. The minimum atomic E-state index is -0.421. The van der Waals surface area contributed by atoms with Crippen LogP contribution in [-0.2, 0) is 19.6 Å². The lowest BCUT2D eigenvalue weighted by Crippen LogP contribution is -2.48. The number of nitrogens with zero attached hydrogens (tertiary/aromatic N) is 4. The molecule has 1 aliphatic heterocycles. The molecule has 0 radical (unpaired) electrons. The van der Waals surface area contributed by atoms with E-state index in [0.717, 1.165) is 16.8 Å². The molecule has 1 aliphatic rings. The number of nitro groups is 1. The summed E-state index contributed by atoms with van der Waals surface area (Å²) in [6.07, 6.45) is 0. The number of halogens is 2. The van der Waals surface area contributed by atoms with Crippen LogP contribution in [0.1, 0.15) is 27.4 Å². The molecule has 1 saturated heterocycles. The van der Waals surface area contributed by atoms with Crippen LogP contribution in [0.4, 0.5) is 15.8 Å². The highest BCUT2D eigenvalue weighted by molar-refractivity contribution is 6.31. The third-order valence-electron chi connectivity index (χ3n) is 6.89. The van der Waals surface area contributed by atoms with Gasteiger partial charge in [0, 0.05) is 62.1 Å². The van der Waals surface area contributed by atoms with Crippen LogP contribution in [-0.4, -0.2) is 46.8 Å². The van der Waals surface area contributed by atoms with Gasteiger partial charge in [0.2, 0.25) is 0 Å². The summed E-state index contributed by atoms with van der Waals surface area (Å²) < 4.78 is 19.8. The van der Waals surface area contributed by atoms with Gasteiger partial charge in [-0.05, 0) is 53.6 Å². The molecule has 1 amide bonds. The number of piperazine rings is 1. The van der Waals surface area contributed by atoms with E-state index < -0.39 is 4.92 Å². The number of rotatable bonds is 9. The summed E-state index contributed by atoms with van der Waals surface area (Å²) in [5, 5.41) is 11.6. The van der Waals surface area contributed by atoms with Gasteiger partial charge in [0.1, 0.15) is 11.6 Å². The van der Waals surface area contributed by atoms with E-state index in [4.69, 9.17) is 16.0 Å². The Kier molecular flexibility index (Phi) is 8.42. The number of amides is 1. The SMILES string of the molecule is O=C(c1ccc(CN(Cc2cccc(F)c2)Cc2ccccc2Cl)o1)N1CCN(c2ccc([N+](=O)[O-])cc2)CC1. The Morgan fingerprint density at radius 2 is 1.68 bits per heavy atom. The monoisotopic (exact) mass is 562 g/mol. The Labute approximate surface area is 236 Å². The molecule has 40 heavy (non-hydrogen) atoms. The van der Waals surface area contributed by atoms with Crippen molar-refractivity contribution in [1.82, 2.24) is 9.80 Å². The Morgan fingerprint density at radius 3 is 2.38 bits per heavy atom. The molecule has 0 atom stereocenters. The first kappa shape index (κ1) is 27.4. The van der Waals surface area contributed by atoms with Crippen molar-refractivity contribution in [3.05, 3.63) is 129 Å². The fraction of sp³-hybridized carbons (Fsp3) is 0.233. The van der Waals surface area contributed by atoms with E-state index >= 15 is 0 Å². The molecule has 206 valence electrons. The quantitative estimate of drug-likeness (QED) is 0.180. The summed E-state index contributed by atoms with van der Waals surface area (Å²) in [4.78, 5) is 29.6. The molecule has 1 aromatic heterocycles. The summed E-state index contributed by atoms with van der Waals surface area (Å²) in [5.74, 6) is 0.408. The largest absolute Gasteiger partial charge is 0.455 e. The van der Waals surface area contributed by atoms with Gasteiger partial charge in [-0.3, -0.25) is 19.8 Å². The lowest BCUT2D eigenvalue weighted by Gasteiger charge is -2.35. The summed E-state index contributed by atoms with van der Waals surface area (Å²) in [6.45, 7) is 3.62. The number of nitro benzene ring substituents is 1. The normalized spacial score (nSPS) is 13.6. The highest BCUT2D eigenvalue weighted by Gasteiger charge is 2.25. The average molecular weight is 563 g/mol. The zero-order valence-electron chi connectivity index (χ0n) is 21.7. The molecule has 0 N–H and O–H groups in total. The van der Waals surface area contributed by atoms with E-state index in [1.807, 2.05) is 30.3 Å². The molecule has 2 heterocycles. The third kappa shape index (κ3) is 6.67. The predicted molar refractivity (Wildman–Crippen MR) is 151 cm³/mol. The first-order chi connectivity index (χ1) is 19.4. The number of hydrogen-bond donors (Lipinski definition) is 0. The Hall–Kier alpha value is -4.21. The molecule has 0 unspecified atom stereocenters. The van der Waals surface area contributed by atoms with Crippen molar-refractivity contribution in [3.63, 3.8) is 0 Å². The molecule has 0 aliphatic carbocycles. The summed E-state index contributed by atoms with van der Waals surface area (Å²) in [6, 6.07) is 24.0. The molecule has 4 aromatic rings. The Morgan fingerprint density at radius 1 is 0.925 bits per heavy atom. The van der Waals surface area contributed by atoms with Gasteiger partial charge in [-0.15, -0.1) is 0 Å². The minimum Gasteiger partial charge on any atom is -0.455 e. The van der Waals surface area contributed by atoms with Crippen LogP contribution in [0.2, 0.25) is 5.02 Å². The smallest absolute Gasteiger partial charge is 0.289 e. The van der Waals surface area contributed by atoms with Crippen molar-refractivity contribution in [2.24, 2.45) is 0 Å². The van der Waals surface area contributed by atoms with E-state index in [1.165, 1.54) is 24.3 Å². The van der Waals surface area contributed by atoms with Gasteiger partial charge in [0.15, 0.2) is 5.76 Å². The third-order valence-corrected chi connectivity index (χ3v) is 7.26. The van der Waals surface area contributed by atoms with Gasteiger partial charge >= 0.3 is 0 Å². The second kappa shape index (κ2) is 12.3. The highest BCUT2D eigenvalue weighted by atomic mass is 35.5. The number of benzene rings is 3. The lowest BCUT2D eigenvalue weighted by atomic mass is 10.1. The minimum absolute atomic E-state index is 0.0487. The maximum absolute atomic E-state index is 13.8. The lowest BCUT2D eigenvalue weighted by molar-refractivity contribution is -0.384. The summed E-state index contributed by atoms with van der Waals surface area (Å²) in [5.41, 5.74) is 2.69. The molecule has 3 aromatic carbocycles. The van der Waals surface area contributed by atoms with Crippen LogP contribution in [0.15, 0.2) is 89.3 Å². The van der Waals surface area contributed by atoms with Crippen molar-refractivity contribution in [3.8, 4) is 0 Å². The molecule has 0 bridgehead atoms. The van der Waals surface area contributed by atoms with Gasteiger partial charge in [-0.1, -0.05) is 41.9 Å². The Balaban J connectivity index is 1.23. The predicted octanol–water partition coefficient (Wildman–Crippen LogP) is 6.15. The zero-order chi connectivity index (χ0) is 28.1. The van der Waals surface area contributed by atoms with Crippen molar-refractivity contribution in [2.75, 3.05) is 31.1 Å². The number of furan rings is 1. The van der Waals surface area contributed by atoms with Crippen molar-refractivity contribution in [2.45, 2.75) is 19.6 Å². The average Bonchev–Trinajstić information content (AvgIpc) is 3.42. The van der Waals surface area contributed by atoms with Crippen LogP contribution in [0.25, 0.3) is 0 Å². The molecule has 10 heteroatoms. The van der Waals surface area contributed by atoms with E-state index in [-0.39, 0.29) is 23.2 Å². The standard InChI is InChI=1S/C30H28ClFN4O4/c31-28-7-2-1-5-23(28)20-33(19-22-4-3-6-24(32)18-22)21-27-12-13-29(40-27)30(37)35-16-14-34(15-17-35)25-8-10-26(11-9-25)36(38)39/h1-13,18H,14-17,19-21H2. The van der Waals surface area contributed by atoms with E-state index in [9.17, 15) is 19.3 Å². The fourth-order valence-electron chi connectivity index (χ4n) is 4.84. The molecular weight excluding hydrogens is 535 g/mol. The molecule has 1 fully saturated rings. The van der Waals surface area contributed by atoms with Gasteiger partial charge in [0.25, 0.3) is 11.6 Å². The van der Waals surface area contributed by atoms with Crippen LogP contribution < -0.4 is 4.90 Å². The molecular formula is C30H28ClFN4O4. The fourth-order valence-corrected chi connectivity index (χ4v) is 5.03. The second-order valence-corrected chi connectivity index (χ2v) is 10.1. The number of carbonyl (C=O) groups excluding carboxylic acids is 1. The van der Waals surface area contributed by atoms with Gasteiger partial charge in [-0.2, -0.15) is 0 Å². The summed E-state index contributed by atoms with van der Waals surface area (Å²) in [7, 11) is 0. The van der Waals surface area contributed by atoms with E-state index in [0.29, 0.717) is 56.6 Å². The first-order valence-electron chi connectivity index (χ1n) is 12.9. The second-order valence-electron chi connectivity index (χ2n) is 9.69. The van der Waals surface area contributed by atoms with E-state index in [1.54, 1.807) is 35.2 Å². The molecule has 0 spiro atoms. The number of anilines is 1. The van der Waals surface area contributed by atoms with E-state index in [2.05, 4.69) is 9.80 Å². The van der Waals surface area contributed by atoms with Gasteiger partial charge in [0.05, 0.1) is 11.5 Å². The highest BCUT2D eigenvalue weighted by Crippen LogP contribution is 2.23. The van der Waals surface area contributed by atoms with Crippen LogP contribution >= 0.6 is 11.6 Å². The van der Waals surface area contributed by atoms with Crippen molar-refractivity contribution >= 4 is 28.9 Å². The van der Waals surface area contributed by atoms with Crippen molar-refractivity contribution < 1.29 is 18.5 Å². The molecule has 8 nitrogen and oxygen atoms in total. The first-order valence-corrected chi connectivity index (χ1v) is 13.3. The van der Waals surface area contributed by atoms with Gasteiger partial charge < -0.3 is 14.2 Å². The van der Waals surface area contributed by atoms with Crippen molar-refractivity contribution in [1.29, 1.82) is 0 Å².